The number of carbonyl (C=O) groups excluding carboxylic acids is 1. The van der Waals surface area contributed by atoms with Crippen molar-refractivity contribution in [2.45, 2.75) is 39.2 Å². The van der Waals surface area contributed by atoms with Gasteiger partial charge in [0.15, 0.2) is 0 Å². The number of nitrogen functional groups attached to an aromatic ring is 1. The van der Waals surface area contributed by atoms with E-state index in [1.807, 2.05) is 39.0 Å². The summed E-state index contributed by atoms with van der Waals surface area (Å²) in [6.07, 6.45) is 3.30. The number of hydrogen-bond acceptors (Lipinski definition) is 6. The molecule has 0 spiro atoms. The summed E-state index contributed by atoms with van der Waals surface area (Å²) in [5.74, 6) is 1.07. The van der Waals surface area contributed by atoms with Crippen molar-refractivity contribution in [3.05, 3.63) is 30.5 Å². The maximum Gasteiger partial charge on any atom is 0.407 e. The van der Waals surface area contributed by atoms with Crippen molar-refractivity contribution in [1.82, 2.24) is 25.1 Å². The second-order valence-electron chi connectivity index (χ2n) is 8.56. The van der Waals surface area contributed by atoms with Crippen molar-refractivity contribution in [2.75, 3.05) is 18.9 Å². The van der Waals surface area contributed by atoms with Gasteiger partial charge >= 0.3 is 6.09 Å². The number of anilines is 1. The molecular formula is C20H26N6O3. The van der Waals surface area contributed by atoms with Crippen LogP contribution in [0.25, 0.3) is 16.9 Å². The number of amides is 1. The quantitative estimate of drug-likeness (QED) is 0.587. The van der Waals surface area contributed by atoms with Crippen LogP contribution in [0.3, 0.4) is 0 Å². The van der Waals surface area contributed by atoms with Gasteiger partial charge in [-0.2, -0.15) is 10.2 Å². The van der Waals surface area contributed by atoms with Gasteiger partial charge in [-0.15, -0.1) is 0 Å². The molecule has 0 aliphatic heterocycles. The molecule has 9 nitrogen and oxygen atoms in total. The minimum Gasteiger partial charge on any atom is -0.491 e. The van der Waals surface area contributed by atoms with Gasteiger partial charge in [0, 0.05) is 18.0 Å². The highest BCUT2D eigenvalue weighted by atomic mass is 16.6. The number of fused-ring (bicyclic) bond motifs is 1. The van der Waals surface area contributed by atoms with E-state index in [1.165, 1.54) is 0 Å². The van der Waals surface area contributed by atoms with E-state index in [-0.39, 0.29) is 5.41 Å². The number of carbonyl (C=O) groups is 1. The Morgan fingerprint density at radius 3 is 2.79 bits per heavy atom. The first-order valence-electron chi connectivity index (χ1n) is 9.62. The molecule has 1 saturated carbocycles. The fourth-order valence-electron chi connectivity index (χ4n) is 3.15. The largest absolute Gasteiger partial charge is 0.491 e. The lowest BCUT2D eigenvalue weighted by Gasteiger charge is -2.22. The highest BCUT2D eigenvalue weighted by Crippen LogP contribution is 2.46. The summed E-state index contributed by atoms with van der Waals surface area (Å²) in [6.45, 7) is 6.53. The predicted molar refractivity (Wildman–Crippen MR) is 109 cm³/mol. The number of pyridine rings is 1. The minimum absolute atomic E-state index is 0.0831. The van der Waals surface area contributed by atoms with E-state index in [2.05, 4.69) is 20.6 Å². The predicted octanol–water partition coefficient (Wildman–Crippen LogP) is 2.99. The zero-order valence-electron chi connectivity index (χ0n) is 16.9. The van der Waals surface area contributed by atoms with E-state index >= 15 is 0 Å². The molecule has 3 aromatic rings. The number of ether oxygens (including phenoxy) is 2. The second kappa shape index (κ2) is 6.98. The van der Waals surface area contributed by atoms with Gasteiger partial charge in [0.2, 0.25) is 0 Å². The van der Waals surface area contributed by atoms with Gasteiger partial charge in [-0.3, -0.25) is 5.10 Å². The van der Waals surface area contributed by atoms with Crippen LogP contribution in [-0.2, 0) is 4.74 Å². The fraction of sp³-hybridized carbons (Fsp3) is 0.450. The lowest BCUT2D eigenvalue weighted by molar-refractivity contribution is 0.0509. The Kier molecular flexibility index (Phi) is 4.60. The molecule has 3 aromatic heterocycles. The van der Waals surface area contributed by atoms with Crippen LogP contribution in [0.5, 0.6) is 5.75 Å². The van der Waals surface area contributed by atoms with Crippen LogP contribution in [0.1, 0.15) is 33.6 Å². The highest BCUT2D eigenvalue weighted by molar-refractivity contribution is 5.70. The Balaban J connectivity index is 1.48. The lowest BCUT2D eigenvalue weighted by atomic mass is 10.1. The van der Waals surface area contributed by atoms with Crippen LogP contribution in [0.4, 0.5) is 10.6 Å². The SMILES string of the molecule is CC(C)(C)OC(=O)NCC1(COc2ccc3ccnn3c2-c2cc(N)n[nH]2)CC1. The number of hydrogen-bond donors (Lipinski definition) is 3. The summed E-state index contributed by atoms with van der Waals surface area (Å²) in [7, 11) is 0. The summed E-state index contributed by atoms with van der Waals surface area (Å²) in [5.41, 5.74) is 7.61. The Labute approximate surface area is 168 Å². The number of alkyl carbamates (subject to hydrolysis) is 1. The molecule has 9 heteroatoms. The van der Waals surface area contributed by atoms with Crippen molar-refractivity contribution in [3.63, 3.8) is 0 Å². The van der Waals surface area contributed by atoms with Crippen LogP contribution in [0.15, 0.2) is 30.5 Å². The van der Waals surface area contributed by atoms with Gasteiger partial charge < -0.3 is 20.5 Å². The molecule has 1 aliphatic carbocycles. The normalized spacial score (nSPS) is 15.3. The fourth-order valence-corrected chi connectivity index (χ4v) is 3.15. The Morgan fingerprint density at radius 1 is 1.34 bits per heavy atom. The number of aromatic nitrogens is 4. The number of rotatable bonds is 6. The van der Waals surface area contributed by atoms with Crippen LogP contribution < -0.4 is 15.8 Å². The highest BCUT2D eigenvalue weighted by Gasteiger charge is 2.44. The molecule has 0 unspecified atom stereocenters. The number of nitrogens with two attached hydrogens (primary N) is 1. The molecule has 0 aromatic carbocycles. The summed E-state index contributed by atoms with van der Waals surface area (Å²) in [4.78, 5) is 12.0. The van der Waals surface area contributed by atoms with E-state index in [4.69, 9.17) is 15.2 Å². The van der Waals surface area contributed by atoms with Gasteiger partial charge in [-0.25, -0.2) is 9.31 Å². The molecule has 0 radical (unpaired) electrons. The Morgan fingerprint density at radius 2 is 2.14 bits per heavy atom. The summed E-state index contributed by atoms with van der Waals surface area (Å²) < 4.78 is 13.3. The molecule has 1 fully saturated rings. The van der Waals surface area contributed by atoms with E-state index in [9.17, 15) is 4.79 Å². The standard InChI is InChI=1S/C20H26N6O3/c1-19(2,3)29-18(27)22-11-20(7-8-20)12-28-15-5-4-13-6-9-23-26(13)17(15)14-10-16(21)25-24-14/h4-6,9-10H,7-8,11-12H2,1-3H3,(H,22,27)(H3,21,24,25). The topological polar surface area (TPSA) is 120 Å². The zero-order chi connectivity index (χ0) is 20.6. The molecule has 0 atom stereocenters. The first-order valence-corrected chi connectivity index (χ1v) is 9.62. The van der Waals surface area contributed by atoms with Crippen molar-refractivity contribution >= 4 is 17.4 Å². The van der Waals surface area contributed by atoms with Gasteiger partial charge in [-0.1, -0.05) is 0 Å². The lowest BCUT2D eigenvalue weighted by Crippen LogP contribution is -2.37. The average molecular weight is 398 g/mol. The average Bonchev–Trinajstić information content (AvgIpc) is 3.03. The van der Waals surface area contributed by atoms with Gasteiger partial charge in [-0.05, 0) is 51.8 Å². The van der Waals surface area contributed by atoms with Crippen molar-refractivity contribution < 1.29 is 14.3 Å². The van der Waals surface area contributed by atoms with Crippen molar-refractivity contribution in [2.24, 2.45) is 5.41 Å². The molecule has 29 heavy (non-hydrogen) atoms. The Hall–Kier alpha value is -3.23. The molecule has 0 saturated heterocycles. The van der Waals surface area contributed by atoms with Crippen LogP contribution in [0.2, 0.25) is 0 Å². The summed E-state index contributed by atoms with van der Waals surface area (Å²) in [5, 5.41) is 14.2. The maximum absolute atomic E-state index is 12.0. The molecule has 3 heterocycles. The summed E-state index contributed by atoms with van der Waals surface area (Å²) in [6, 6.07) is 7.53. The number of H-pyrrole nitrogens is 1. The van der Waals surface area contributed by atoms with Crippen LogP contribution in [-0.4, -0.2) is 44.7 Å². The monoisotopic (exact) mass is 398 g/mol. The van der Waals surface area contributed by atoms with E-state index in [0.29, 0.717) is 24.7 Å². The smallest absolute Gasteiger partial charge is 0.407 e. The number of nitrogens with one attached hydrogen (secondary N) is 2. The third kappa shape index (κ3) is 4.28. The van der Waals surface area contributed by atoms with Gasteiger partial charge in [0.05, 0.1) is 24.0 Å². The Bertz CT molecular complexity index is 1030. The zero-order valence-corrected chi connectivity index (χ0v) is 16.9. The molecule has 4 rings (SSSR count). The molecule has 1 aliphatic rings. The first kappa shape index (κ1) is 19.1. The van der Waals surface area contributed by atoms with E-state index in [1.54, 1.807) is 16.8 Å². The molecule has 4 N–H and O–H groups in total. The third-order valence-corrected chi connectivity index (χ3v) is 4.87. The molecule has 0 bridgehead atoms. The van der Waals surface area contributed by atoms with Crippen LogP contribution in [0, 0.1) is 5.41 Å². The molecule has 154 valence electrons. The van der Waals surface area contributed by atoms with Crippen LogP contribution >= 0.6 is 0 Å². The first-order chi connectivity index (χ1) is 13.7. The van der Waals surface area contributed by atoms with E-state index < -0.39 is 11.7 Å². The minimum atomic E-state index is -0.517. The van der Waals surface area contributed by atoms with E-state index in [0.717, 1.165) is 29.7 Å². The maximum atomic E-state index is 12.0. The van der Waals surface area contributed by atoms with Gasteiger partial charge in [0.1, 0.15) is 22.9 Å². The van der Waals surface area contributed by atoms with Crippen molar-refractivity contribution in [1.29, 1.82) is 0 Å². The molecule has 1 amide bonds. The summed E-state index contributed by atoms with van der Waals surface area (Å²) >= 11 is 0. The molecular weight excluding hydrogens is 372 g/mol. The number of aromatic amines is 1. The van der Waals surface area contributed by atoms with Gasteiger partial charge in [0.25, 0.3) is 0 Å². The number of nitrogens with zero attached hydrogens (tertiary/aromatic N) is 3. The third-order valence-electron chi connectivity index (χ3n) is 4.87. The van der Waals surface area contributed by atoms with Crippen molar-refractivity contribution in [3.8, 4) is 17.1 Å². The second-order valence-corrected chi connectivity index (χ2v) is 8.56.